The van der Waals surface area contributed by atoms with Crippen molar-refractivity contribution in [1.29, 1.82) is 0 Å². The zero-order valence-corrected chi connectivity index (χ0v) is 14.2. The van der Waals surface area contributed by atoms with Gasteiger partial charge in [0.2, 0.25) is 0 Å². The molecule has 0 aliphatic heterocycles. The van der Waals surface area contributed by atoms with E-state index in [1.165, 1.54) is 0 Å². The molecule has 0 atom stereocenters. The molecule has 24 heavy (non-hydrogen) atoms. The van der Waals surface area contributed by atoms with Gasteiger partial charge in [-0.15, -0.1) is 13.2 Å². The minimum absolute atomic E-state index is 0.0470. The lowest BCUT2D eigenvalue weighted by atomic mass is 10.1. The van der Waals surface area contributed by atoms with Crippen molar-refractivity contribution in [2.45, 2.75) is 25.7 Å². The third-order valence-corrected chi connectivity index (χ3v) is 3.95. The van der Waals surface area contributed by atoms with Gasteiger partial charge in [-0.1, -0.05) is 48.6 Å². The monoisotopic (exact) mass is 319 g/mol. The molecule has 0 heterocycles. The van der Waals surface area contributed by atoms with Crippen molar-refractivity contribution in [2.24, 2.45) is 0 Å². The standard InChI is InChI=1S/C22H25NO/c1-3-5-6-12-18-23(22(24)20-15-8-7-9-16-20)21-17-11-10-14-19(21)13-4-2/h3-4,7-11,14-17H,1-2,5-6,12-13,18H2. The van der Waals surface area contributed by atoms with E-state index in [1.54, 1.807) is 0 Å². The van der Waals surface area contributed by atoms with Crippen LogP contribution >= 0.6 is 0 Å². The molecule has 0 radical (unpaired) electrons. The highest BCUT2D eigenvalue weighted by atomic mass is 16.2. The van der Waals surface area contributed by atoms with Gasteiger partial charge in [0.05, 0.1) is 0 Å². The molecule has 2 nitrogen and oxygen atoms in total. The second kappa shape index (κ2) is 9.51. The van der Waals surface area contributed by atoms with Crippen LogP contribution in [0.4, 0.5) is 5.69 Å². The lowest BCUT2D eigenvalue weighted by Gasteiger charge is -2.25. The van der Waals surface area contributed by atoms with Crippen LogP contribution in [0.5, 0.6) is 0 Å². The molecule has 0 aliphatic carbocycles. The van der Waals surface area contributed by atoms with Gasteiger partial charge in [0, 0.05) is 17.8 Å². The first-order chi connectivity index (χ1) is 11.8. The maximum Gasteiger partial charge on any atom is 0.258 e. The van der Waals surface area contributed by atoms with Crippen LogP contribution in [0, 0.1) is 0 Å². The van der Waals surface area contributed by atoms with E-state index < -0.39 is 0 Å². The SMILES string of the molecule is C=CCCCCN(C(=O)c1ccccc1)c1ccccc1CC=C. The molecule has 2 rings (SSSR count). The Bertz CT molecular complexity index is 675. The summed E-state index contributed by atoms with van der Waals surface area (Å²) in [6.07, 6.45) is 7.51. The van der Waals surface area contributed by atoms with Gasteiger partial charge in [-0.05, 0) is 49.4 Å². The Morgan fingerprint density at radius 2 is 1.62 bits per heavy atom. The van der Waals surface area contributed by atoms with Crippen molar-refractivity contribution in [3.63, 3.8) is 0 Å². The van der Waals surface area contributed by atoms with Crippen molar-refractivity contribution >= 4 is 11.6 Å². The third kappa shape index (κ3) is 4.69. The highest BCUT2D eigenvalue weighted by Gasteiger charge is 2.19. The summed E-state index contributed by atoms with van der Waals surface area (Å²) in [6, 6.07) is 17.5. The summed E-state index contributed by atoms with van der Waals surface area (Å²) in [5, 5.41) is 0. The molecule has 0 saturated heterocycles. The predicted molar refractivity (Wildman–Crippen MR) is 103 cm³/mol. The molecule has 0 N–H and O–H groups in total. The predicted octanol–water partition coefficient (Wildman–Crippen LogP) is 5.42. The van der Waals surface area contributed by atoms with Gasteiger partial charge >= 0.3 is 0 Å². The Labute approximate surface area is 145 Å². The highest BCUT2D eigenvalue weighted by Crippen LogP contribution is 2.24. The third-order valence-electron chi connectivity index (χ3n) is 3.95. The summed E-state index contributed by atoms with van der Waals surface area (Å²) in [4.78, 5) is 14.9. The van der Waals surface area contributed by atoms with E-state index in [1.807, 2.05) is 65.6 Å². The van der Waals surface area contributed by atoms with Crippen molar-refractivity contribution in [3.05, 3.63) is 91.0 Å². The number of benzene rings is 2. The summed E-state index contributed by atoms with van der Waals surface area (Å²) < 4.78 is 0. The smallest absolute Gasteiger partial charge is 0.258 e. The largest absolute Gasteiger partial charge is 0.308 e. The van der Waals surface area contributed by atoms with Crippen LogP contribution in [-0.4, -0.2) is 12.5 Å². The Morgan fingerprint density at radius 1 is 0.917 bits per heavy atom. The molecule has 0 bridgehead atoms. The van der Waals surface area contributed by atoms with E-state index in [9.17, 15) is 4.79 Å². The molecule has 124 valence electrons. The van der Waals surface area contributed by atoms with Gasteiger partial charge in [-0.2, -0.15) is 0 Å². The first kappa shape index (κ1) is 17.7. The van der Waals surface area contributed by atoms with E-state index in [2.05, 4.69) is 19.2 Å². The summed E-state index contributed by atoms with van der Waals surface area (Å²) in [5.74, 6) is 0.0470. The van der Waals surface area contributed by atoms with Gasteiger partial charge in [0.1, 0.15) is 0 Å². The second-order valence-corrected chi connectivity index (χ2v) is 5.73. The van der Waals surface area contributed by atoms with Crippen LogP contribution in [-0.2, 0) is 6.42 Å². The van der Waals surface area contributed by atoms with Gasteiger partial charge in [-0.3, -0.25) is 4.79 Å². The number of hydrogen-bond acceptors (Lipinski definition) is 1. The summed E-state index contributed by atoms with van der Waals surface area (Å²) in [5.41, 5.74) is 2.82. The van der Waals surface area contributed by atoms with Crippen molar-refractivity contribution in [1.82, 2.24) is 0 Å². The molecule has 0 spiro atoms. The lowest BCUT2D eigenvalue weighted by Crippen LogP contribution is -2.32. The van der Waals surface area contributed by atoms with Crippen LogP contribution in [0.1, 0.15) is 35.2 Å². The van der Waals surface area contributed by atoms with Gasteiger partial charge in [-0.25, -0.2) is 0 Å². The molecule has 1 amide bonds. The number of anilines is 1. The van der Waals surface area contributed by atoms with E-state index in [4.69, 9.17) is 0 Å². The van der Waals surface area contributed by atoms with E-state index >= 15 is 0 Å². The van der Waals surface area contributed by atoms with Crippen LogP contribution < -0.4 is 4.90 Å². The number of rotatable bonds is 9. The van der Waals surface area contributed by atoms with E-state index in [0.29, 0.717) is 6.54 Å². The Kier molecular flexibility index (Phi) is 7.03. The fourth-order valence-electron chi connectivity index (χ4n) is 2.73. The van der Waals surface area contributed by atoms with Crippen molar-refractivity contribution in [3.8, 4) is 0 Å². The topological polar surface area (TPSA) is 20.3 Å². The maximum absolute atomic E-state index is 13.0. The molecule has 2 aromatic carbocycles. The summed E-state index contributed by atoms with van der Waals surface area (Å²) >= 11 is 0. The van der Waals surface area contributed by atoms with Crippen LogP contribution in [0.2, 0.25) is 0 Å². The summed E-state index contributed by atoms with van der Waals surface area (Å²) in [6.45, 7) is 8.30. The number of hydrogen-bond donors (Lipinski definition) is 0. The van der Waals surface area contributed by atoms with E-state index in [-0.39, 0.29) is 5.91 Å². The van der Waals surface area contributed by atoms with Crippen LogP contribution in [0.3, 0.4) is 0 Å². The molecular formula is C22H25NO. The van der Waals surface area contributed by atoms with Crippen molar-refractivity contribution < 1.29 is 4.79 Å². The lowest BCUT2D eigenvalue weighted by molar-refractivity contribution is 0.0986. The zero-order chi connectivity index (χ0) is 17.2. The van der Waals surface area contributed by atoms with Gasteiger partial charge < -0.3 is 4.90 Å². The van der Waals surface area contributed by atoms with E-state index in [0.717, 1.165) is 42.5 Å². The molecule has 0 fully saturated rings. The number of carbonyl (C=O) groups excluding carboxylic acids is 1. The number of nitrogens with zero attached hydrogens (tertiary/aromatic N) is 1. The number of carbonyl (C=O) groups is 1. The number of para-hydroxylation sites is 1. The number of amides is 1. The van der Waals surface area contributed by atoms with Gasteiger partial charge in [0.25, 0.3) is 5.91 Å². The number of allylic oxidation sites excluding steroid dienone is 2. The average molecular weight is 319 g/mol. The molecule has 0 aliphatic rings. The number of unbranched alkanes of at least 4 members (excludes halogenated alkanes) is 2. The average Bonchev–Trinajstić information content (AvgIpc) is 2.63. The van der Waals surface area contributed by atoms with Gasteiger partial charge in [0.15, 0.2) is 0 Å². The van der Waals surface area contributed by atoms with Crippen LogP contribution in [0.25, 0.3) is 0 Å². The first-order valence-corrected chi connectivity index (χ1v) is 8.44. The molecule has 0 saturated carbocycles. The van der Waals surface area contributed by atoms with Crippen LogP contribution in [0.15, 0.2) is 79.9 Å². The fourth-order valence-corrected chi connectivity index (χ4v) is 2.73. The molecule has 2 aromatic rings. The minimum atomic E-state index is 0.0470. The zero-order valence-electron chi connectivity index (χ0n) is 14.2. The fraction of sp³-hybridized carbons (Fsp3) is 0.227. The highest BCUT2D eigenvalue weighted by molar-refractivity contribution is 6.06. The molecule has 2 heteroatoms. The quantitative estimate of drug-likeness (QED) is 0.446. The minimum Gasteiger partial charge on any atom is -0.308 e. The summed E-state index contributed by atoms with van der Waals surface area (Å²) in [7, 11) is 0. The maximum atomic E-state index is 13.0. The normalized spacial score (nSPS) is 10.2. The molecule has 0 unspecified atom stereocenters. The Morgan fingerprint density at radius 3 is 2.33 bits per heavy atom. The second-order valence-electron chi connectivity index (χ2n) is 5.73. The molecular weight excluding hydrogens is 294 g/mol. The Hall–Kier alpha value is -2.61. The molecule has 0 aromatic heterocycles. The van der Waals surface area contributed by atoms with Crippen molar-refractivity contribution in [2.75, 3.05) is 11.4 Å². The Balaban J connectivity index is 2.30. The first-order valence-electron chi connectivity index (χ1n) is 8.44.